The molecule has 0 aliphatic heterocycles. The number of aromatic nitrogens is 4. The van der Waals surface area contributed by atoms with Crippen molar-refractivity contribution in [3.05, 3.63) is 59.3 Å². The van der Waals surface area contributed by atoms with E-state index >= 15 is 0 Å². The summed E-state index contributed by atoms with van der Waals surface area (Å²) in [6.45, 7) is 3.63. The largest absolute Gasteiger partial charge is 0.462 e. The summed E-state index contributed by atoms with van der Waals surface area (Å²) in [5, 5.41) is 4.34. The van der Waals surface area contributed by atoms with Crippen LogP contribution in [0.4, 0.5) is 5.82 Å². The third-order valence-corrected chi connectivity index (χ3v) is 4.35. The van der Waals surface area contributed by atoms with Gasteiger partial charge in [-0.2, -0.15) is 10.1 Å². The number of nitrogen functional groups attached to an aromatic ring is 1. The lowest BCUT2D eigenvalue weighted by Crippen LogP contribution is -2.09. The van der Waals surface area contributed by atoms with Crippen LogP contribution in [0.15, 0.2) is 39.4 Å². The third kappa shape index (κ3) is 4.10. The molecule has 11 nitrogen and oxygen atoms in total. The van der Waals surface area contributed by atoms with E-state index in [-0.39, 0.29) is 47.3 Å². The summed E-state index contributed by atoms with van der Waals surface area (Å²) in [5.74, 6) is -0.219. The van der Waals surface area contributed by atoms with Gasteiger partial charge in [-0.25, -0.2) is 14.6 Å². The van der Waals surface area contributed by atoms with Crippen molar-refractivity contribution in [2.45, 2.75) is 27.0 Å². The third-order valence-electron chi connectivity index (χ3n) is 4.35. The molecule has 0 spiro atoms. The molecule has 4 heterocycles. The van der Waals surface area contributed by atoms with E-state index in [0.29, 0.717) is 18.1 Å². The van der Waals surface area contributed by atoms with Gasteiger partial charge in [0.25, 0.3) is 0 Å². The number of nitrogens with two attached hydrogens (primary N) is 1. The molecule has 0 aromatic carbocycles. The zero-order chi connectivity index (χ0) is 22.0. The molecule has 2 N–H and O–H groups in total. The molecule has 4 aromatic heterocycles. The van der Waals surface area contributed by atoms with Gasteiger partial charge in [0.1, 0.15) is 22.9 Å². The maximum atomic E-state index is 12.3. The van der Waals surface area contributed by atoms with E-state index in [1.807, 2.05) is 0 Å². The molecule has 0 bridgehead atoms. The summed E-state index contributed by atoms with van der Waals surface area (Å²) in [5.41, 5.74) is 6.29. The standard InChI is InChI=1S/C20H19N5O6/c1-3-28-20(27)15-11(2)30-18-16(15)17(21)23-14(24-18)10-29-19(26)13-6-5-12(31-13)9-25-8-4-7-22-25/h4-8H,3,9-10H2,1-2H3,(H2,21,23,24). The summed E-state index contributed by atoms with van der Waals surface area (Å²) in [4.78, 5) is 32.8. The first-order chi connectivity index (χ1) is 15.0. The monoisotopic (exact) mass is 425 g/mol. The van der Waals surface area contributed by atoms with Crippen LogP contribution in [0.3, 0.4) is 0 Å². The van der Waals surface area contributed by atoms with Crippen LogP contribution >= 0.6 is 0 Å². The molecular formula is C20H19N5O6. The lowest BCUT2D eigenvalue weighted by molar-refractivity contribution is 0.0423. The molecule has 0 fully saturated rings. The predicted octanol–water partition coefficient (Wildman–Crippen LogP) is 2.48. The number of carbonyl (C=O) groups is 2. The number of anilines is 1. The van der Waals surface area contributed by atoms with Crippen LogP contribution in [0, 0.1) is 6.92 Å². The molecule has 0 saturated carbocycles. The first-order valence-corrected chi connectivity index (χ1v) is 9.42. The fourth-order valence-corrected chi connectivity index (χ4v) is 3.02. The van der Waals surface area contributed by atoms with Crippen LogP contribution in [0.1, 0.15) is 45.2 Å². The highest BCUT2D eigenvalue weighted by atomic mass is 16.5. The number of esters is 2. The second-order valence-corrected chi connectivity index (χ2v) is 6.50. The van der Waals surface area contributed by atoms with Crippen molar-refractivity contribution in [2.24, 2.45) is 0 Å². The molecule has 4 rings (SSSR count). The highest BCUT2D eigenvalue weighted by molar-refractivity contribution is 6.07. The first kappa shape index (κ1) is 20.1. The molecule has 0 radical (unpaired) electrons. The van der Waals surface area contributed by atoms with Crippen LogP contribution in [-0.4, -0.2) is 38.3 Å². The number of carbonyl (C=O) groups excluding carboxylic acids is 2. The maximum absolute atomic E-state index is 12.3. The molecular weight excluding hydrogens is 406 g/mol. The quantitative estimate of drug-likeness (QED) is 0.438. The molecule has 0 atom stereocenters. The Morgan fingerprint density at radius 1 is 1.16 bits per heavy atom. The van der Waals surface area contributed by atoms with Crippen molar-refractivity contribution in [2.75, 3.05) is 12.3 Å². The Morgan fingerprint density at radius 3 is 2.74 bits per heavy atom. The number of rotatable bonds is 7. The number of ether oxygens (including phenoxy) is 2. The van der Waals surface area contributed by atoms with Crippen LogP contribution in [0.2, 0.25) is 0 Å². The highest BCUT2D eigenvalue weighted by Crippen LogP contribution is 2.29. The average molecular weight is 425 g/mol. The molecule has 4 aromatic rings. The van der Waals surface area contributed by atoms with Crippen molar-refractivity contribution in [3.8, 4) is 0 Å². The zero-order valence-corrected chi connectivity index (χ0v) is 16.8. The molecule has 160 valence electrons. The highest BCUT2D eigenvalue weighted by Gasteiger charge is 2.24. The molecule has 11 heteroatoms. The minimum atomic E-state index is -0.683. The van der Waals surface area contributed by atoms with Gasteiger partial charge >= 0.3 is 11.9 Å². The number of fused-ring (bicyclic) bond motifs is 1. The number of aryl methyl sites for hydroxylation is 1. The smallest absolute Gasteiger partial charge is 0.374 e. The van der Waals surface area contributed by atoms with E-state index in [9.17, 15) is 9.59 Å². The number of hydrogen-bond donors (Lipinski definition) is 1. The van der Waals surface area contributed by atoms with E-state index in [0.717, 1.165) is 0 Å². The Hall–Kier alpha value is -4.15. The van der Waals surface area contributed by atoms with Gasteiger partial charge in [-0.1, -0.05) is 0 Å². The van der Waals surface area contributed by atoms with E-state index in [1.165, 1.54) is 6.07 Å². The number of hydrogen-bond acceptors (Lipinski definition) is 10. The van der Waals surface area contributed by atoms with Gasteiger partial charge in [0.15, 0.2) is 12.4 Å². The van der Waals surface area contributed by atoms with Gasteiger partial charge in [0.2, 0.25) is 11.5 Å². The first-order valence-electron chi connectivity index (χ1n) is 9.42. The van der Waals surface area contributed by atoms with Gasteiger partial charge in [-0.05, 0) is 32.0 Å². The summed E-state index contributed by atoms with van der Waals surface area (Å²) in [6.07, 6.45) is 3.43. The van der Waals surface area contributed by atoms with Crippen molar-refractivity contribution in [1.29, 1.82) is 0 Å². The molecule has 0 saturated heterocycles. The minimum Gasteiger partial charge on any atom is -0.462 e. The Balaban J connectivity index is 1.47. The SMILES string of the molecule is CCOC(=O)c1c(C)oc2nc(COC(=O)c3ccc(Cn4cccn4)o3)nc(N)c12. The summed E-state index contributed by atoms with van der Waals surface area (Å²) >= 11 is 0. The maximum Gasteiger partial charge on any atom is 0.374 e. The van der Waals surface area contributed by atoms with Gasteiger partial charge in [0, 0.05) is 12.4 Å². The minimum absolute atomic E-state index is 0.0236. The number of nitrogens with zero attached hydrogens (tertiary/aromatic N) is 4. The Kier molecular flexibility index (Phi) is 5.39. The van der Waals surface area contributed by atoms with Gasteiger partial charge in [-0.3, -0.25) is 4.68 Å². The van der Waals surface area contributed by atoms with Gasteiger partial charge < -0.3 is 24.0 Å². The molecule has 0 aliphatic carbocycles. The van der Waals surface area contributed by atoms with Crippen LogP contribution in [0.25, 0.3) is 11.1 Å². The lowest BCUT2D eigenvalue weighted by Gasteiger charge is -2.04. The Bertz CT molecular complexity index is 1240. The predicted molar refractivity (Wildman–Crippen MR) is 106 cm³/mol. The van der Waals surface area contributed by atoms with E-state index in [1.54, 1.807) is 43.1 Å². The second-order valence-electron chi connectivity index (χ2n) is 6.50. The average Bonchev–Trinajstić information content (AvgIpc) is 3.47. The lowest BCUT2D eigenvalue weighted by atomic mass is 10.2. The van der Waals surface area contributed by atoms with E-state index in [4.69, 9.17) is 24.0 Å². The normalized spacial score (nSPS) is 11.0. The van der Waals surface area contributed by atoms with Crippen molar-refractivity contribution in [1.82, 2.24) is 19.7 Å². The molecule has 0 aliphatic rings. The van der Waals surface area contributed by atoms with Crippen LogP contribution < -0.4 is 5.73 Å². The topological polar surface area (TPSA) is 148 Å². The number of furan rings is 2. The Labute approximate surface area is 175 Å². The fraction of sp³-hybridized carbons (Fsp3) is 0.250. The van der Waals surface area contributed by atoms with Crippen molar-refractivity contribution in [3.63, 3.8) is 0 Å². The summed E-state index contributed by atoms with van der Waals surface area (Å²) < 4.78 is 22.9. The second kappa shape index (κ2) is 8.30. The Morgan fingerprint density at radius 2 is 2.00 bits per heavy atom. The van der Waals surface area contributed by atoms with Crippen LogP contribution in [0.5, 0.6) is 0 Å². The van der Waals surface area contributed by atoms with Crippen molar-refractivity contribution >= 4 is 28.9 Å². The molecule has 0 unspecified atom stereocenters. The van der Waals surface area contributed by atoms with E-state index < -0.39 is 11.9 Å². The van der Waals surface area contributed by atoms with Crippen molar-refractivity contribution < 1.29 is 27.9 Å². The van der Waals surface area contributed by atoms with E-state index in [2.05, 4.69) is 15.1 Å². The zero-order valence-electron chi connectivity index (χ0n) is 16.8. The summed E-state index contributed by atoms with van der Waals surface area (Å²) in [6, 6.07) is 4.97. The summed E-state index contributed by atoms with van der Waals surface area (Å²) in [7, 11) is 0. The van der Waals surface area contributed by atoms with Crippen LogP contribution in [-0.2, 0) is 22.6 Å². The molecule has 31 heavy (non-hydrogen) atoms. The van der Waals surface area contributed by atoms with Gasteiger partial charge in [-0.15, -0.1) is 0 Å². The fourth-order valence-electron chi connectivity index (χ4n) is 3.02. The molecule has 0 amide bonds. The van der Waals surface area contributed by atoms with Gasteiger partial charge in [0.05, 0.1) is 18.5 Å².